The molecule has 1 aromatic rings. The van der Waals surface area contributed by atoms with Crippen molar-refractivity contribution in [2.75, 3.05) is 25.0 Å². The number of piperidine rings is 1. The highest BCUT2D eigenvalue weighted by molar-refractivity contribution is 5.98. The van der Waals surface area contributed by atoms with Crippen molar-refractivity contribution in [3.8, 4) is 0 Å². The van der Waals surface area contributed by atoms with E-state index < -0.39 is 11.7 Å². The molecule has 1 saturated heterocycles. The monoisotopic (exact) mass is 279 g/mol. The van der Waals surface area contributed by atoms with Gasteiger partial charge in [-0.1, -0.05) is 0 Å². The van der Waals surface area contributed by atoms with E-state index in [0.717, 1.165) is 38.0 Å². The van der Waals surface area contributed by atoms with Crippen LogP contribution in [0.2, 0.25) is 0 Å². The van der Waals surface area contributed by atoms with Crippen LogP contribution in [0.25, 0.3) is 0 Å². The second kappa shape index (κ2) is 6.70. The summed E-state index contributed by atoms with van der Waals surface area (Å²) >= 11 is 0. The molecule has 1 amide bonds. The average molecular weight is 279 g/mol. The summed E-state index contributed by atoms with van der Waals surface area (Å²) in [7, 11) is 1.93. The third-order valence-electron chi connectivity index (χ3n) is 3.89. The molecule has 3 N–H and O–H groups in total. The molecule has 1 aliphatic heterocycles. The van der Waals surface area contributed by atoms with Gasteiger partial charge in [-0.25, -0.2) is 4.39 Å². The number of halogens is 1. The Labute approximate surface area is 119 Å². The summed E-state index contributed by atoms with van der Waals surface area (Å²) in [4.78, 5) is 13.8. The van der Waals surface area contributed by atoms with Crippen molar-refractivity contribution in [2.45, 2.75) is 31.7 Å². The second-order valence-electron chi connectivity index (χ2n) is 5.26. The lowest BCUT2D eigenvalue weighted by molar-refractivity contribution is 0.1000. The van der Waals surface area contributed by atoms with Gasteiger partial charge in [0.25, 0.3) is 5.91 Å². The largest absolute Gasteiger partial charge is 0.368 e. The van der Waals surface area contributed by atoms with Gasteiger partial charge >= 0.3 is 0 Å². The van der Waals surface area contributed by atoms with Crippen LogP contribution in [0.3, 0.4) is 0 Å². The average Bonchev–Trinajstić information content (AvgIpc) is 2.45. The zero-order chi connectivity index (χ0) is 14.5. The van der Waals surface area contributed by atoms with E-state index in [1.54, 1.807) is 6.07 Å². The van der Waals surface area contributed by atoms with Gasteiger partial charge in [0.2, 0.25) is 0 Å². The third kappa shape index (κ3) is 3.28. The van der Waals surface area contributed by atoms with E-state index in [1.165, 1.54) is 18.6 Å². The molecule has 0 bridgehead atoms. The van der Waals surface area contributed by atoms with Crippen LogP contribution < -0.4 is 16.0 Å². The zero-order valence-electron chi connectivity index (χ0n) is 11.9. The van der Waals surface area contributed by atoms with Gasteiger partial charge < -0.3 is 16.0 Å². The molecular formula is C15H22FN3O. The summed E-state index contributed by atoms with van der Waals surface area (Å²) in [6.07, 6.45) is 4.38. The van der Waals surface area contributed by atoms with Crippen LogP contribution in [0, 0.1) is 5.82 Å². The van der Waals surface area contributed by atoms with E-state index in [2.05, 4.69) is 10.2 Å². The SMILES string of the molecule is CNCCC1CCCCN1c1ccc(F)cc1C(N)=O. The maximum Gasteiger partial charge on any atom is 0.250 e. The van der Waals surface area contributed by atoms with Crippen LogP contribution in [0.15, 0.2) is 18.2 Å². The molecule has 0 saturated carbocycles. The smallest absolute Gasteiger partial charge is 0.250 e. The molecule has 0 spiro atoms. The van der Waals surface area contributed by atoms with E-state index in [-0.39, 0.29) is 5.56 Å². The van der Waals surface area contributed by atoms with Gasteiger partial charge in [-0.05, 0) is 57.5 Å². The van der Waals surface area contributed by atoms with Gasteiger partial charge in [-0.3, -0.25) is 4.79 Å². The molecule has 1 heterocycles. The number of benzene rings is 1. The number of nitrogens with two attached hydrogens (primary N) is 1. The molecule has 20 heavy (non-hydrogen) atoms. The van der Waals surface area contributed by atoms with E-state index in [9.17, 15) is 9.18 Å². The predicted octanol–water partition coefficient (Wildman–Crippen LogP) is 1.89. The van der Waals surface area contributed by atoms with E-state index in [1.807, 2.05) is 7.05 Å². The number of nitrogens with zero attached hydrogens (tertiary/aromatic N) is 1. The van der Waals surface area contributed by atoms with Crippen molar-refractivity contribution in [2.24, 2.45) is 5.73 Å². The predicted molar refractivity (Wildman–Crippen MR) is 78.4 cm³/mol. The quantitative estimate of drug-likeness (QED) is 0.865. The molecule has 1 unspecified atom stereocenters. The maximum absolute atomic E-state index is 13.3. The lowest BCUT2D eigenvalue weighted by Crippen LogP contribution is -2.42. The molecule has 5 heteroatoms. The number of rotatable bonds is 5. The number of carbonyl (C=O) groups is 1. The first-order valence-electron chi connectivity index (χ1n) is 7.14. The molecule has 0 radical (unpaired) electrons. The summed E-state index contributed by atoms with van der Waals surface area (Å²) in [6.45, 7) is 1.81. The first kappa shape index (κ1) is 14.8. The first-order valence-corrected chi connectivity index (χ1v) is 7.14. The number of amides is 1. The Morgan fingerprint density at radius 1 is 1.50 bits per heavy atom. The summed E-state index contributed by atoms with van der Waals surface area (Å²) in [5.41, 5.74) is 6.43. The molecule has 1 aliphatic rings. The minimum absolute atomic E-state index is 0.279. The van der Waals surface area contributed by atoms with Crippen LogP contribution in [-0.4, -0.2) is 32.1 Å². The molecule has 4 nitrogen and oxygen atoms in total. The summed E-state index contributed by atoms with van der Waals surface area (Å²) < 4.78 is 13.3. The van der Waals surface area contributed by atoms with Crippen molar-refractivity contribution < 1.29 is 9.18 Å². The molecule has 0 aliphatic carbocycles. The number of hydrogen-bond donors (Lipinski definition) is 2. The Hall–Kier alpha value is -1.62. The van der Waals surface area contributed by atoms with Gasteiger partial charge in [0.05, 0.1) is 5.56 Å². The van der Waals surface area contributed by atoms with Crippen molar-refractivity contribution in [1.82, 2.24) is 5.32 Å². The van der Waals surface area contributed by atoms with Crippen molar-refractivity contribution in [3.05, 3.63) is 29.6 Å². The van der Waals surface area contributed by atoms with Gasteiger partial charge in [-0.15, -0.1) is 0 Å². The van der Waals surface area contributed by atoms with E-state index in [0.29, 0.717) is 6.04 Å². The molecule has 110 valence electrons. The summed E-state index contributed by atoms with van der Waals surface area (Å²) in [5.74, 6) is -0.997. The van der Waals surface area contributed by atoms with Crippen LogP contribution >= 0.6 is 0 Å². The molecule has 2 rings (SSSR count). The Balaban J connectivity index is 2.29. The van der Waals surface area contributed by atoms with Crippen molar-refractivity contribution >= 4 is 11.6 Å². The minimum Gasteiger partial charge on any atom is -0.368 e. The van der Waals surface area contributed by atoms with Crippen LogP contribution in [-0.2, 0) is 0 Å². The first-order chi connectivity index (χ1) is 9.63. The minimum atomic E-state index is -0.572. The fourth-order valence-corrected chi connectivity index (χ4v) is 2.88. The Kier molecular flexibility index (Phi) is 4.95. The number of primary amides is 1. The fourth-order valence-electron chi connectivity index (χ4n) is 2.88. The topological polar surface area (TPSA) is 58.4 Å². The fraction of sp³-hybridized carbons (Fsp3) is 0.533. The molecule has 1 aromatic carbocycles. The molecule has 1 atom stereocenters. The van der Waals surface area contributed by atoms with Crippen LogP contribution in [0.5, 0.6) is 0 Å². The van der Waals surface area contributed by atoms with Gasteiger partial charge in [-0.2, -0.15) is 0 Å². The normalized spacial score (nSPS) is 19.1. The standard InChI is InChI=1S/C15H22FN3O/c1-18-8-7-12-4-2-3-9-19(12)14-6-5-11(16)10-13(14)15(17)20/h5-6,10,12,18H,2-4,7-9H2,1H3,(H2,17,20). The third-order valence-corrected chi connectivity index (χ3v) is 3.89. The van der Waals surface area contributed by atoms with E-state index in [4.69, 9.17) is 5.73 Å². The lowest BCUT2D eigenvalue weighted by atomic mass is 9.97. The Bertz CT molecular complexity index is 478. The van der Waals surface area contributed by atoms with Crippen molar-refractivity contribution in [3.63, 3.8) is 0 Å². The maximum atomic E-state index is 13.3. The highest BCUT2D eigenvalue weighted by Gasteiger charge is 2.25. The Morgan fingerprint density at radius 3 is 3.00 bits per heavy atom. The second-order valence-corrected chi connectivity index (χ2v) is 5.26. The van der Waals surface area contributed by atoms with Crippen LogP contribution in [0.4, 0.5) is 10.1 Å². The Morgan fingerprint density at radius 2 is 2.30 bits per heavy atom. The van der Waals surface area contributed by atoms with Gasteiger partial charge in [0.15, 0.2) is 0 Å². The molecule has 1 fully saturated rings. The number of anilines is 1. The lowest BCUT2D eigenvalue weighted by Gasteiger charge is -2.38. The highest BCUT2D eigenvalue weighted by Crippen LogP contribution is 2.29. The van der Waals surface area contributed by atoms with E-state index >= 15 is 0 Å². The van der Waals surface area contributed by atoms with Crippen molar-refractivity contribution in [1.29, 1.82) is 0 Å². The van der Waals surface area contributed by atoms with Crippen LogP contribution in [0.1, 0.15) is 36.0 Å². The molecular weight excluding hydrogens is 257 g/mol. The highest BCUT2D eigenvalue weighted by atomic mass is 19.1. The zero-order valence-corrected chi connectivity index (χ0v) is 11.9. The van der Waals surface area contributed by atoms with Gasteiger partial charge in [0, 0.05) is 18.3 Å². The summed E-state index contributed by atoms with van der Waals surface area (Å²) in [6, 6.07) is 4.68. The van der Waals surface area contributed by atoms with Gasteiger partial charge in [0.1, 0.15) is 5.82 Å². The number of hydrogen-bond acceptors (Lipinski definition) is 3. The number of carbonyl (C=O) groups excluding carboxylic acids is 1. The summed E-state index contributed by atoms with van der Waals surface area (Å²) in [5, 5.41) is 3.16. The number of nitrogens with one attached hydrogen (secondary N) is 1. The molecule has 0 aromatic heterocycles.